The van der Waals surface area contributed by atoms with Gasteiger partial charge in [-0.1, -0.05) is 30.3 Å². The van der Waals surface area contributed by atoms with Gasteiger partial charge in [0.1, 0.15) is 17.1 Å². The summed E-state index contributed by atoms with van der Waals surface area (Å²) in [4.78, 5) is 28.4. The molecule has 0 spiro atoms. The lowest BCUT2D eigenvalue weighted by Gasteiger charge is -2.20. The molecular formula is C27H29NO5. The molecule has 0 aliphatic rings. The fourth-order valence-electron chi connectivity index (χ4n) is 3.33. The van der Waals surface area contributed by atoms with E-state index in [1.165, 1.54) is 7.11 Å². The molecular weight excluding hydrogens is 418 g/mol. The minimum Gasteiger partial charge on any atom is -0.469 e. The minimum atomic E-state index is -0.616. The summed E-state index contributed by atoms with van der Waals surface area (Å²) in [5, 5.41) is 0. The van der Waals surface area contributed by atoms with Gasteiger partial charge >= 0.3 is 11.9 Å². The quantitative estimate of drug-likeness (QED) is 0.419. The molecule has 6 heteroatoms. The van der Waals surface area contributed by atoms with Crippen LogP contribution in [0.1, 0.15) is 48.8 Å². The van der Waals surface area contributed by atoms with Crippen molar-refractivity contribution in [3.05, 3.63) is 77.6 Å². The fraction of sp³-hybridized carbons (Fsp3) is 0.296. The Morgan fingerprint density at radius 2 is 1.64 bits per heavy atom. The first-order valence-electron chi connectivity index (χ1n) is 10.8. The van der Waals surface area contributed by atoms with Gasteiger partial charge in [-0.25, -0.2) is 9.78 Å². The third-order valence-electron chi connectivity index (χ3n) is 4.97. The molecule has 0 saturated heterocycles. The van der Waals surface area contributed by atoms with E-state index in [9.17, 15) is 9.59 Å². The molecule has 1 aromatic heterocycles. The molecule has 2 aromatic carbocycles. The Hall–Kier alpha value is -3.67. The fourth-order valence-corrected chi connectivity index (χ4v) is 3.33. The molecule has 0 N–H and O–H groups in total. The van der Waals surface area contributed by atoms with E-state index in [1.54, 1.807) is 12.3 Å². The largest absolute Gasteiger partial charge is 0.469 e. The Labute approximate surface area is 194 Å². The average molecular weight is 448 g/mol. The molecule has 0 radical (unpaired) electrons. The van der Waals surface area contributed by atoms with Crippen molar-refractivity contribution in [2.24, 2.45) is 0 Å². The van der Waals surface area contributed by atoms with Crippen molar-refractivity contribution in [2.75, 3.05) is 7.11 Å². The van der Waals surface area contributed by atoms with E-state index in [2.05, 4.69) is 9.72 Å². The number of hydrogen-bond acceptors (Lipinski definition) is 6. The number of hydrogen-bond donors (Lipinski definition) is 0. The van der Waals surface area contributed by atoms with E-state index in [0.717, 1.165) is 16.7 Å². The van der Waals surface area contributed by atoms with Gasteiger partial charge in [-0.3, -0.25) is 4.79 Å². The van der Waals surface area contributed by atoms with Gasteiger partial charge in [-0.15, -0.1) is 0 Å². The minimum absolute atomic E-state index is 0.232. The summed E-state index contributed by atoms with van der Waals surface area (Å²) in [5.74, 6) is 0.653. The molecule has 0 saturated carbocycles. The van der Waals surface area contributed by atoms with E-state index in [1.807, 2.05) is 76.2 Å². The molecule has 0 unspecified atom stereocenters. The van der Waals surface area contributed by atoms with Crippen LogP contribution in [-0.2, 0) is 20.7 Å². The summed E-state index contributed by atoms with van der Waals surface area (Å²) in [7, 11) is 1.39. The Morgan fingerprint density at radius 3 is 2.30 bits per heavy atom. The summed E-state index contributed by atoms with van der Waals surface area (Å²) in [6.07, 6.45) is 2.53. The topological polar surface area (TPSA) is 74.7 Å². The van der Waals surface area contributed by atoms with Crippen molar-refractivity contribution in [3.63, 3.8) is 0 Å². The van der Waals surface area contributed by atoms with Crippen LogP contribution in [0.25, 0.3) is 11.1 Å². The average Bonchev–Trinajstić information content (AvgIpc) is 2.78. The van der Waals surface area contributed by atoms with Gasteiger partial charge in [0, 0.05) is 18.2 Å². The van der Waals surface area contributed by atoms with E-state index in [0.29, 0.717) is 29.9 Å². The van der Waals surface area contributed by atoms with Gasteiger partial charge in [-0.05, 0) is 75.1 Å². The molecule has 1 heterocycles. The maximum Gasteiger partial charge on any atom is 0.358 e. The number of aromatic nitrogens is 1. The molecule has 0 fully saturated rings. The number of rotatable bonds is 7. The number of esters is 2. The molecule has 6 nitrogen and oxygen atoms in total. The van der Waals surface area contributed by atoms with Crippen molar-refractivity contribution < 1.29 is 23.8 Å². The number of benzene rings is 2. The summed E-state index contributed by atoms with van der Waals surface area (Å²) in [5.41, 5.74) is 3.09. The third-order valence-corrected chi connectivity index (χ3v) is 4.97. The van der Waals surface area contributed by atoms with Gasteiger partial charge in [0.2, 0.25) is 0 Å². The molecule has 0 aliphatic heterocycles. The highest BCUT2D eigenvalue weighted by Gasteiger charge is 2.23. The molecule has 0 bridgehead atoms. The SMILES string of the molecule is COC(=O)CCc1ccc(Oc2cccc(-c3cccnc3C(=O)OC(C)(C)C)c2C)cc1. The molecule has 0 atom stereocenters. The molecule has 0 aliphatic carbocycles. The highest BCUT2D eigenvalue weighted by molar-refractivity contribution is 5.96. The highest BCUT2D eigenvalue weighted by Crippen LogP contribution is 2.34. The monoisotopic (exact) mass is 447 g/mol. The lowest BCUT2D eigenvalue weighted by atomic mass is 9.98. The van der Waals surface area contributed by atoms with Crippen LogP contribution >= 0.6 is 0 Å². The Balaban J connectivity index is 1.84. The van der Waals surface area contributed by atoms with Crippen molar-refractivity contribution in [2.45, 2.75) is 46.1 Å². The van der Waals surface area contributed by atoms with Crippen LogP contribution in [0.4, 0.5) is 0 Å². The van der Waals surface area contributed by atoms with Crippen LogP contribution in [0, 0.1) is 6.92 Å². The zero-order chi connectivity index (χ0) is 24.0. The second-order valence-corrected chi connectivity index (χ2v) is 8.65. The standard InChI is InChI=1S/C27H29NO5/c1-18-21(22-9-7-17-28-25(22)26(30)33-27(2,3)4)8-6-10-23(18)32-20-14-11-19(12-15-20)13-16-24(29)31-5/h6-12,14-15,17H,13,16H2,1-5H3. The molecule has 3 aromatic rings. The van der Waals surface area contributed by atoms with Gasteiger partial charge in [0.05, 0.1) is 7.11 Å². The Morgan fingerprint density at radius 1 is 0.939 bits per heavy atom. The second-order valence-electron chi connectivity index (χ2n) is 8.65. The maximum atomic E-state index is 12.7. The first-order chi connectivity index (χ1) is 15.7. The van der Waals surface area contributed by atoms with E-state index in [4.69, 9.17) is 9.47 Å². The van der Waals surface area contributed by atoms with Crippen molar-refractivity contribution >= 4 is 11.9 Å². The van der Waals surface area contributed by atoms with Crippen LogP contribution in [-0.4, -0.2) is 29.6 Å². The number of ether oxygens (including phenoxy) is 3. The number of methoxy groups -OCH3 is 1. The Bertz CT molecular complexity index is 1130. The number of carbonyl (C=O) groups is 2. The van der Waals surface area contributed by atoms with Crippen LogP contribution in [0.2, 0.25) is 0 Å². The zero-order valence-corrected chi connectivity index (χ0v) is 19.7. The lowest BCUT2D eigenvalue weighted by molar-refractivity contribution is -0.140. The van der Waals surface area contributed by atoms with Crippen molar-refractivity contribution in [3.8, 4) is 22.6 Å². The lowest BCUT2D eigenvalue weighted by Crippen LogP contribution is -2.24. The predicted molar refractivity (Wildman–Crippen MR) is 126 cm³/mol. The maximum absolute atomic E-state index is 12.7. The van der Waals surface area contributed by atoms with E-state index in [-0.39, 0.29) is 11.7 Å². The highest BCUT2D eigenvalue weighted by atomic mass is 16.6. The smallest absolute Gasteiger partial charge is 0.358 e. The molecule has 33 heavy (non-hydrogen) atoms. The van der Waals surface area contributed by atoms with Gasteiger partial charge < -0.3 is 14.2 Å². The normalized spacial score (nSPS) is 11.1. The van der Waals surface area contributed by atoms with Crippen LogP contribution in [0.3, 0.4) is 0 Å². The second kappa shape index (κ2) is 10.3. The Kier molecular flexibility index (Phi) is 7.48. The van der Waals surface area contributed by atoms with E-state index < -0.39 is 11.6 Å². The van der Waals surface area contributed by atoms with Crippen molar-refractivity contribution in [1.29, 1.82) is 0 Å². The molecule has 0 amide bonds. The molecule has 172 valence electrons. The summed E-state index contributed by atoms with van der Waals surface area (Å²) < 4.78 is 16.4. The van der Waals surface area contributed by atoms with Crippen LogP contribution in [0.15, 0.2) is 60.8 Å². The molecule has 3 rings (SSSR count). The van der Waals surface area contributed by atoms with Crippen molar-refractivity contribution in [1.82, 2.24) is 4.98 Å². The van der Waals surface area contributed by atoms with Gasteiger partial charge in [0.25, 0.3) is 0 Å². The summed E-state index contributed by atoms with van der Waals surface area (Å²) >= 11 is 0. The van der Waals surface area contributed by atoms with Crippen LogP contribution in [0.5, 0.6) is 11.5 Å². The number of pyridine rings is 1. The first-order valence-corrected chi connectivity index (χ1v) is 10.8. The van der Waals surface area contributed by atoms with Crippen LogP contribution < -0.4 is 4.74 Å². The summed E-state index contributed by atoms with van der Waals surface area (Å²) in [6.45, 7) is 7.43. The number of aryl methyl sites for hydroxylation is 1. The van der Waals surface area contributed by atoms with E-state index >= 15 is 0 Å². The third kappa shape index (κ3) is 6.42. The number of carbonyl (C=O) groups excluding carboxylic acids is 2. The number of nitrogens with zero attached hydrogens (tertiary/aromatic N) is 1. The predicted octanol–water partition coefficient (Wildman–Crippen LogP) is 5.91. The van der Waals surface area contributed by atoms with Gasteiger partial charge in [-0.2, -0.15) is 0 Å². The first kappa shape index (κ1) is 24.0. The van der Waals surface area contributed by atoms with Gasteiger partial charge in [0.15, 0.2) is 5.69 Å². The summed E-state index contributed by atoms with van der Waals surface area (Å²) in [6, 6.07) is 16.9. The zero-order valence-electron chi connectivity index (χ0n) is 19.7.